The van der Waals surface area contributed by atoms with Crippen LogP contribution < -0.4 is 9.47 Å². The molecule has 0 bridgehead atoms. The summed E-state index contributed by atoms with van der Waals surface area (Å²) in [5.74, 6) is -1.25. The van der Waals surface area contributed by atoms with Crippen LogP contribution in [0.3, 0.4) is 0 Å². The van der Waals surface area contributed by atoms with Crippen LogP contribution in [0.4, 0.5) is 0 Å². The van der Waals surface area contributed by atoms with Gasteiger partial charge in [-0.15, -0.1) is 0 Å². The van der Waals surface area contributed by atoms with Gasteiger partial charge in [-0.05, 0) is 35.4 Å². The Morgan fingerprint density at radius 2 is 1.19 bits per heavy atom. The van der Waals surface area contributed by atoms with E-state index in [1.807, 2.05) is 0 Å². The molecule has 2 rings (SSSR count). The van der Waals surface area contributed by atoms with Gasteiger partial charge in [-0.3, -0.25) is 9.59 Å². The van der Waals surface area contributed by atoms with E-state index in [0.717, 1.165) is 0 Å². The molecule has 0 saturated carbocycles. The Morgan fingerprint density at radius 3 is 1.52 bits per heavy atom. The fraction of sp³-hybridized carbons (Fsp3) is 0.333. The first-order chi connectivity index (χ1) is 14.7. The third-order valence-corrected chi connectivity index (χ3v) is 4.14. The number of aliphatic hydroxyl groups excluding tert-OH is 2. The number of methoxy groups -OCH3 is 3. The van der Waals surface area contributed by atoms with Gasteiger partial charge in [-0.1, -0.05) is 0 Å². The lowest BCUT2D eigenvalue weighted by Crippen LogP contribution is -2.05. The summed E-state index contributed by atoms with van der Waals surface area (Å²) in [6.07, 6.45) is -0.107. The minimum absolute atomic E-state index is 0.0696. The van der Waals surface area contributed by atoms with Gasteiger partial charge in [0, 0.05) is 11.1 Å². The van der Waals surface area contributed by atoms with Gasteiger partial charge in [0.25, 0.3) is 0 Å². The number of carboxylic acid groups (broad SMARTS) is 1. The minimum Gasteiger partial charge on any atom is -0.504 e. The maximum Gasteiger partial charge on any atom is 0.309 e. The second-order valence-corrected chi connectivity index (χ2v) is 6.25. The minimum atomic E-state index is -0.980. The molecule has 0 amide bonds. The highest BCUT2D eigenvalue weighted by atomic mass is 16.5. The highest BCUT2D eigenvalue weighted by Crippen LogP contribution is 2.32. The lowest BCUT2D eigenvalue weighted by molar-refractivity contribution is -0.140. The van der Waals surface area contributed by atoms with Gasteiger partial charge in [-0.2, -0.15) is 0 Å². The summed E-state index contributed by atoms with van der Waals surface area (Å²) in [5.41, 5.74) is 1.66. The van der Waals surface area contributed by atoms with E-state index in [9.17, 15) is 19.8 Å². The van der Waals surface area contributed by atoms with E-state index < -0.39 is 11.9 Å². The zero-order valence-corrected chi connectivity index (χ0v) is 17.4. The number of carbonyl (C=O) groups is 2. The summed E-state index contributed by atoms with van der Waals surface area (Å²) in [6, 6.07) is 5.94. The first-order valence-corrected chi connectivity index (χ1v) is 8.98. The molecular weight excluding hydrogens is 412 g/mol. The Morgan fingerprint density at radius 1 is 0.774 bits per heavy atom. The van der Waals surface area contributed by atoms with E-state index in [-0.39, 0.29) is 54.6 Å². The molecule has 10 nitrogen and oxygen atoms in total. The maximum absolute atomic E-state index is 11.1. The molecule has 0 heterocycles. The van der Waals surface area contributed by atoms with Crippen molar-refractivity contribution in [1.82, 2.24) is 0 Å². The molecule has 0 saturated heterocycles. The molecule has 0 unspecified atom stereocenters. The van der Waals surface area contributed by atoms with Crippen molar-refractivity contribution < 1.29 is 49.3 Å². The van der Waals surface area contributed by atoms with Crippen molar-refractivity contribution in [3.8, 4) is 23.0 Å². The molecule has 10 heteroatoms. The van der Waals surface area contributed by atoms with Crippen molar-refractivity contribution in [2.24, 2.45) is 0 Å². The summed E-state index contributed by atoms with van der Waals surface area (Å²) >= 11 is 0. The first kappa shape index (κ1) is 25.5. The molecule has 0 aliphatic carbocycles. The van der Waals surface area contributed by atoms with Crippen molar-refractivity contribution in [2.75, 3.05) is 21.3 Å². The molecule has 170 valence electrons. The number of aromatic hydroxyl groups is 2. The van der Waals surface area contributed by atoms with Crippen LogP contribution in [-0.4, -0.2) is 58.8 Å². The van der Waals surface area contributed by atoms with Crippen molar-refractivity contribution >= 4 is 11.9 Å². The van der Waals surface area contributed by atoms with Crippen LogP contribution in [-0.2, 0) is 40.4 Å². The number of carbonyl (C=O) groups excluding carboxylic acids is 1. The number of benzene rings is 2. The molecule has 31 heavy (non-hydrogen) atoms. The smallest absolute Gasteiger partial charge is 0.309 e. The summed E-state index contributed by atoms with van der Waals surface area (Å²) in [5, 5.41) is 45.7. The zero-order chi connectivity index (χ0) is 23.6. The van der Waals surface area contributed by atoms with Crippen LogP contribution in [0.15, 0.2) is 24.3 Å². The van der Waals surface area contributed by atoms with Gasteiger partial charge in [0.1, 0.15) is 0 Å². The van der Waals surface area contributed by atoms with Crippen molar-refractivity contribution in [2.45, 2.75) is 26.1 Å². The number of esters is 1. The topological polar surface area (TPSA) is 163 Å². The van der Waals surface area contributed by atoms with Crippen molar-refractivity contribution in [1.29, 1.82) is 0 Å². The number of aliphatic carboxylic acids is 1. The highest BCUT2D eigenvalue weighted by Gasteiger charge is 2.13. The Balaban J connectivity index is 0.000000311. The predicted molar refractivity (Wildman–Crippen MR) is 108 cm³/mol. The van der Waals surface area contributed by atoms with Crippen LogP contribution in [0.2, 0.25) is 0 Å². The van der Waals surface area contributed by atoms with Crippen molar-refractivity contribution in [3.63, 3.8) is 0 Å². The van der Waals surface area contributed by atoms with E-state index in [0.29, 0.717) is 16.7 Å². The van der Waals surface area contributed by atoms with Crippen molar-refractivity contribution in [3.05, 3.63) is 46.5 Å². The number of carboxylic acids is 1. The van der Waals surface area contributed by atoms with Gasteiger partial charge in [0.05, 0.1) is 47.4 Å². The number of ether oxygens (including phenoxy) is 3. The molecule has 0 aliphatic rings. The van der Waals surface area contributed by atoms with Gasteiger partial charge < -0.3 is 39.7 Å². The largest absolute Gasteiger partial charge is 0.504 e. The standard InChI is InChI=1S/C11H14O5.C10H12O5/c1-15-9-4-7(5-10(13)16-2)3-8(6-12)11(9)14;1-15-8-3-6(4-9(12)13)2-7(5-11)10(8)14/h3-4,12,14H,5-6H2,1-2H3;2-3,11,14H,4-5H2,1H3,(H,12,13). The molecule has 0 fully saturated rings. The fourth-order valence-corrected chi connectivity index (χ4v) is 2.63. The Hall–Kier alpha value is -3.50. The maximum atomic E-state index is 11.1. The van der Waals surface area contributed by atoms with Gasteiger partial charge in [0.2, 0.25) is 0 Å². The van der Waals surface area contributed by atoms with E-state index >= 15 is 0 Å². The fourth-order valence-electron chi connectivity index (χ4n) is 2.63. The number of phenols is 2. The van der Waals surface area contributed by atoms with Crippen LogP contribution in [0.1, 0.15) is 22.3 Å². The SMILES string of the molecule is COC(=O)Cc1cc(CO)c(O)c(OC)c1.COc1cc(CC(=O)O)cc(CO)c1O. The molecule has 2 aromatic carbocycles. The molecule has 0 radical (unpaired) electrons. The first-order valence-electron chi connectivity index (χ1n) is 8.98. The highest BCUT2D eigenvalue weighted by molar-refractivity contribution is 5.73. The zero-order valence-electron chi connectivity index (χ0n) is 17.4. The van der Waals surface area contributed by atoms with Crippen LogP contribution in [0.5, 0.6) is 23.0 Å². The number of aliphatic hydroxyl groups is 2. The van der Waals surface area contributed by atoms with E-state index in [4.69, 9.17) is 24.8 Å². The molecule has 0 spiro atoms. The Bertz CT molecular complexity index is 857. The summed E-state index contributed by atoms with van der Waals surface area (Å²) < 4.78 is 14.3. The quantitative estimate of drug-likeness (QED) is 0.378. The van der Waals surface area contributed by atoms with Crippen LogP contribution in [0.25, 0.3) is 0 Å². The third kappa shape index (κ3) is 7.36. The number of hydrogen-bond acceptors (Lipinski definition) is 9. The van der Waals surface area contributed by atoms with Gasteiger partial charge in [-0.25, -0.2) is 0 Å². The summed E-state index contributed by atoms with van der Waals surface area (Å²) in [7, 11) is 4.06. The molecular formula is C21H26O10. The molecule has 0 aromatic heterocycles. The normalized spacial score (nSPS) is 9.97. The van der Waals surface area contributed by atoms with E-state index in [2.05, 4.69) is 4.74 Å². The Labute approximate surface area is 178 Å². The van der Waals surface area contributed by atoms with Crippen LogP contribution >= 0.6 is 0 Å². The third-order valence-electron chi connectivity index (χ3n) is 4.14. The summed E-state index contributed by atoms with van der Waals surface area (Å²) in [4.78, 5) is 21.6. The predicted octanol–water partition coefficient (Wildman–Crippen LogP) is 1.13. The second kappa shape index (κ2) is 12.3. The van der Waals surface area contributed by atoms with E-state index in [1.54, 1.807) is 0 Å². The Kier molecular flexibility index (Phi) is 10.1. The van der Waals surface area contributed by atoms with Gasteiger partial charge >= 0.3 is 11.9 Å². The average Bonchev–Trinajstić information content (AvgIpc) is 2.75. The van der Waals surface area contributed by atoms with Crippen LogP contribution in [0, 0.1) is 0 Å². The van der Waals surface area contributed by atoms with Gasteiger partial charge in [0.15, 0.2) is 23.0 Å². The number of rotatable bonds is 8. The lowest BCUT2D eigenvalue weighted by atomic mass is 10.1. The number of hydrogen-bond donors (Lipinski definition) is 5. The molecule has 0 atom stereocenters. The molecule has 5 N–H and O–H groups in total. The van der Waals surface area contributed by atoms with E-state index in [1.165, 1.54) is 45.6 Å². The lowest BCUT2D eigenvalue weighted by Gasteiger charge is -2.10. The average molecular weight is 438 g/mol. The second-order valence-electron chi connectivity index (χ2n) is 6.25. The monoisotopic (exact) mass is 438 g/mol. The molecule has 2 aromatic rings. The summed E-state index contributed by atoms with van der Waals surface area (Å²) in [6.45, 7) is -0.688. The molecule has 0 aliphatic heterocycles.